The third-order valence-electron chi connectivity index (χ3n) is 4.43. The summed E-state index contributed by atoms with van der Waals surface area (Å²) in [5.74, 6) is 0.840. The molecule has 0 aromatic heterocycles. The van der Waals surface area contributed by atoms with Crippen molar-refractivity contribution in [2.45, 2.75) is 13.0 Å². The van der Waals surface area contributed by atoms with E-state index in [1.54, 1.807) is 7.11 Å². The number of hydrogen-bond donors (Lipinski definition) is 1. The first-order chi connectivity index (χ1) is 12.5. The molecule has 0 fully saturated rings. The summed E-state index contributed by atoms with van der Waals surface area (Å²) in [5.41, 5.74) is 2.17. The van der Waals surface area contributed by atoms with E-state index in [0.717, 1.165) is 23.5 Å². The van der Waals surface area contributed by atoms with Crippen LogP contribution in [0.4, 0.5) is 5.69 Å². The molecule has 26 heavy (non-hydrogen) atoms. The van der Waals surface area contributed by atoms with Crippen molar-refractivity contribution in [2.24, 2.45) is 0 Å². The summed E-state index contributed by atoms with van der Waals surface area (Å²) in [5, 5.41) is 3.07. The topological polar surface area (TPSA) is 44.8 Å². The van der Waals surface area contributed by atoms with E-state index in [-0.39, 0.29) is 11.9 Å². The van der Waals surface area contributed by atoms with Crippen LogP contribution in [0, 0.1) is 0 Å². The van der Waals surface area contributed by atoms with Crippen LogP contribution in [0.1, 0.15) is 18.5 Å². The normalized spacial score (nSPS) is 11.9. The Labute approximate surface area is 156 Å². The molecule has 1 N–H and O–H groups in total. The Bertz CT molecular complexity index is 689. The van der Waals surface area contributed by atoms with E-state index in [1.165, 1.54) is 0 Å². The van der Waals surface area contributed by atoms with Gasteiger partial charge >= 0.3 is 0 Å². The van der Waals surface area contributed by atoms with E-state index < -0.39 is 0 Å². The lowest BCUT2D eigenvalue weighted by molar-refractivity contribution is -0.120. The maximum Gasteiger partial charge on any atom is 0.239 e. The molecule has 0 saturated heterocycles. The van der Waals surface area contributed by atoms with Crippen LogP contribution < -0.4 is 15.0 Å². The van der Waals surface area contributed by atoms with Crippen molar-refractivity contribution in [3.8, 4) is 5.75 Å². The van der Waals surface area contributed by atoms with Gasteiger partial charge in [-0.25, -0.2) is 0 Å². The summed E-state index contributed by atoms with van der Waals surface area (Å²) in [4.78, 5) is 16.6. The first-order valence-corrected chi connectivity index (χ1v) is 8.92. The molecule has 0 aliphatic heterocycles. The van der Waals surface area contributed by atoms with E-state index in [9.17, 15) is 4.79 Å². The molecule has 1 atom stereocenters. The minimum Gasteiger partial charge on any atom is -0.497 e. The predicted octanol–water partition coefficient (Wildman–Crippen LogP) is 2.94. The van der Waals surface area contributed by atoms with Crippen LogP contribution in [0.5, 0.6) is 5.75 Å². The van der Waals surface area contributed by atoms with Crippen LogP contribution in [0.25, 0.3) is 0 Å². The summed E-state index contributed by atoms with van der Waals surface area (Å²) in [6.07, 6.45) is 0. The lowest BCUT2D eigenvalue weighted by atomic mass is 10.1. The average Bonchev–Trinajstić information content (AvgIpc) is 2.66. The molecule has 0 aliphatic carbocycles. The number of hydrogen-bond acceptors (Lipinski definition) is 4. The Morgan fingerprint density at radius 1 is 1.12 bits per heavy atom. The lowest BCUT2D eigenvalue weighted by Gasteiger charge is -2.27. The molecule has 0 spiro atoms. The number of ether oxygens (including phenoxy) is 1. The number of amides is 1. The van der Waals surface area contributed by atoms with Crippen LogP contribution in [-0.4, -0.2) is 51.6 Å². The molecular formula is C21H29N3O2. The number of anilines is 1. The minimum atomic E-state index is 0.0189. The van der Waals surface area contributed by atoms with Gasteiger partial charge in [0.2, 0.25) is 5.91 Å². The van der Waals surface area contributed by atoms with Crippen molar-refractivity contribution < 1.29 is 9.53 Å². The largest absolute Gasteiger partial charge is 0.497 e. The number of nitrogens with zero attached hydrogens (tertiary/aromatic N) is 2. The average molecular weight is 355 g/mol. The van der Waals surface area contributed by atoms with Gasteiger partial charge in [-0.1, -0.05) is 30.3 Å². The van der Waals surface area contributed by atoms with Crippen LogP contribution in [0.15, 0.2) is 54.6 Å². The highest BCUT2D eigenvalue weighted by Crippen LogP contribution is 2.22. The quantitative estimate of drug-likeness (QED) is 0.751. The molecule has 1 amide bonds. The first-order valence-electron chi connectivity index (χ1n) is 8.92. The van der Waals surface area contributed by atoms with Crippen LogP contribution >= 0.6 is 0 Å². The fourth-order valence-corrected chi connectivity index (χ4v) is 2.91. The number of nitrogens with one attached hydrogen (secondary N) is 1. The molecule has 0 saturated carbocycles. The van der Waals surface area contributed by atoms with Gasteiger partial charge in [0, 0.05) is 18.8 Å². The highest BCUT2D eigenvalue weighted by atomic mass is 16.5. The van der Waals surface area contributed by atoms with Gasteiger partial charge < -0.3 is 19.9 Å². The molecule has 2 aromatic carbocycles. The second-order valence-corrected chi connectivity index (χ2v) is 6.41. The van der Waals surface area contributed by atoms with Crippen molar-refractivity contribution in [3.63, 3.8) is 0 Å². The monoisotopic (exact) mass is 355 g/mol. The van der Waals surface area contributed by atoms with Gasteiger partial charge in [0.15, 0.2) is 0 Å². The van der Waals surface area contributed by atoms with E-state index in [2.05, 4.69) is 28.1 Å². The summed E-state index contributed by atoms with van der Waals surface area (Å²) >= 11 is 0. The third kappa shape index (κ3) is 5.49. The Morgan fingerprint density at radius 3 is 2.46 bits per heavy atom. The van der Waals surface area contributed by atoms with Crippen molar-refractivity contribution in [3.05, 3.63) is 60.2 Å². The Kier molecular flexibility index (Phi) is 7.48. The number of para-hydroxylation sites is 1. The highest BCUT2D eigenvalue weighted by Gasteiger charge is 2.17. The van der Waals surface area contributed by atoms with Crippen LogP contribution in [-0.2, 0) is 4.79 Å². The molecule has 2 rings (SSSR count). The number of carbonyl (C=O) groups is 1. The molecule has 5 heteroatoms. The number of likely N-dealkylation sites (N-methyl/N-ethyl adjacent to an activating group) is 2. The number of carbonyl (C=O) groups excluding carboxylic acids is 1. The molecule has 0 aliphatic rings. The molecule has 1 unspecified atom stereocenters. The van der Waals surface area contributed by atoms with Gasteiger partial charge in [-0.3, -0.25) is 4.79 Å². The molecule has 140 valence electrons. The van der Waals surface area contributed by atoms with Crippen molar-refractivity contribution in [2.75, 3.05) is 45.7 Å². The van der Waals surface area contributed by atoms with Gasteiger partial charge in [0.25, 0.3) is 0 Å². The van der Waals surface area contributed by atoms with E-state index in [1.807, 2.05) is 62.6 Å². The molecule has 5 nitrogen and oxygen atoms in total. The summed E-state index contributed by atoms with van der Waals surface area (Å²) in [6, 6.07) is 18.1. The van der Waals surface area contributed by atoms with Gasteiger partial charge in [0.05, 0.1) is 19.7 Å². The van der Waals surface area contributed by atoms with E-state index in [0.29, 0.717) is 13.1 Å². The standard InChI is InChI=1S/C21H29N3O2/c1-5-24(18-11-7-6-8-12-18)16-21(25)22-15-20(23(2)3)17-10-9-13-19(14-17)26-4/h6-14,20H,5,15-16H2,1-4H3,(H,22,25). The maximum absolute atomic E-state index is 12.5. The maximum atomic E-state index is 12.5. The number of methoxy groups -OCH3 is 1. The van der Waals surface area contributed by atoms with E-state index >= 15 is 0 Å². The first kappa shape index (κ1) is 19.8. The van der Waals surface area contributed by atoms with Crippen molar-refractivity contribution >= 4 is 11.6 Å². The molecule has 0 heterocycles. The Balaban J connectivity index is 1.98. The zero-order valence-corrected chi connectivity index (χ0v) is 16.1. The minimum absolute atomic E-state index is 0.0189. The predicted molar refractivity (Wildman–Crippen MR) is 107 cm³/mol. The van der Waals surface area contributed by atoms with Gasteiger partial charge in [-0.05, 0) is 50.8 Å². The Hall–Kier alpha value is -2.53. The molecular weight excluding hydrogens is 326 g/mol. The highest BCUT2D eigenvalue weighted by molar-refractivity contribution is 5.81. The zero-order chi connectivity index (χ0) is 18.9. The number of rotatable bonds is 9. The second-order valence-electron chi connectivity index (χ2n) is 6.41. The van der Waals surface area contributed by atoms with Crippen molar-refractivity contribution in [1.29, 1.82) is 0 Å². The van der Waals surface area contributed by atoms with Gasteiger partial charge in [0.1, 0.15) is 5.75 Å². The smallest absolute Gasteiger partial charge is 0.239 e. The third-order valence-corrected chi connectivity index (χ3v) is 4.43. The zero-order valence-electron chi connectivity index (χ0n) is 16.1. The number of benzene rings is 2. The molecule has 2 aromatic rings. The van der Waals surface area contributed by atoms with Gasteiger partial charge in [-0.2, -0.15) is 0 Å². The fraction of sp³-hybridized carbons (Fsp3) is 0.381. The SMILES string of the molecule is CCN(CC(=O)NCC(c1cccc(OC)c1)N(C)C)c1ccccc1. The molecule has 0 bridgehead atoms. The molecule has 0 radical (unpaired) electrons. The van der Waals surface area contributed by atoms with Crippen LogP contribution in [0.3, 0.4) is 0 Å². The lowest BCUT2D eigenvalue weighted by Crippen LogP contribution is -2.40. The van der Waals surface area contributed by atoms with Crippen molar-refractivity contribution in [1.82, 2.24) is 10.2 Å². The van der Waals surface area contributed by atoms with E-state index in [4.69, 9.17) is 4.74 Å². The summed E-state index contributed by atoms with van der Waals surface area (Å²) < 4.78 is 5.31. The second kappa shape index (κ2) is 9.82. The van der Waals surface area contributed by atoms with Crippen LogP contribution in [0.2, 0.25) is 0 Å². The summed E-state index contributed by atoms with van der Waals surface area (Å²) in [6.45, 7) is 3.73. The fourth-order valence-electron chi connectivity index (χ4n) is 2.91. The van der Waals surface area contributed by atoms with Gasteiger partial charge in [-0.15, -0.1) is 0 Å². The Morgan fingerprint density at radius 2 is 1.85 bits per heavy atom. The summed E-state index contributed by atoms with van der Waals surface area (Å²) in [7, 11) is 5.69.